The summed E-state index contributed by atoms with van der Waals surface area (Å²) in [6.07, 6.45) is 1.69. The van der Waals surface area contributed by atoms with Crippen LogP contribution in [0.4, 0.5) is 13.2 Å². The van der Waals surface area contributed by atoms with Crippen molar-refractivity contribution < 1.29 is 45.3 Å². The van der Waals surface area contributed by atoms with E-state index in [2.05, 4.69) is 43.0 Å². The minimum Gasteiger partial charge on any atom is -0.741 e. The summed E-state index contributed by atoms with van der Waals surface area (Å²) in [6.45, 7) is 5.54. The summed E-state index contributed by atoms with van der Waals surface area (Å²) in [6, 6.07) is 38.8. The lowest BCUT2D eigenvalue weighted by atomic mass is 10.2. The van der Waals surface area contributed by atoms with Crippen LogP contribution in [0.3, 0.4) is 0 Å². The first-order chi connectivity index (χ1) is 22.3. The number of carbonyl (C=O) groups excluding carboxylic acids is 2. The predicted octanol–water partition coefficient (Wildman–Crippen LogP) is 5.11. The minimum absolute atomic E-state index is 0.0789. The van der Waals surface area contributed by atoms with Crippen LogP contribution in [0.2, 0.25) is 0 Å². The number of hydrogen-bond donors (Lipinski definition) is 0. The van der Waals surface area contributed by atoms with Gasteiger partial charge in [-0.15, -0.1) is 6.58 Å². The van der Waals surface area contributed by atoms with E-state index < -0.39 is 34.9 Å². The number of rotatable bonds is 12. The topological polar surface area (TPSA) is 113 Å². The Labute approximate surface area is 272 Å². The Morgan fingerprint density at radius 1 is 0.830 bits per heavy atom. The number of amides is 1. The van der Waals surface area contributed by atoms with Crippen molar-refractivity contribution in [2.45, 2.75) is 25.1 Å². The lowest BCUT2D eigenvalue weighted by molar-refractivity contribution is -0.201. The van der Waals surface area contributed by atoms with Crippen LogP contribution in [0.25, 0.3) is 0 Å². The van der Waals surface area contributed by atoms with Gasteiger partial charge in [0.15, 0.2) is 22.3 Å². The first-order valence-corrected chi connectivity index (χ1v) is 17.5. The number of esters is 1. The average molecular weight is 688 g/mol. The fourth-order valence-electron chi connectivity index (χ4n) is 4.52. The molecule has 0 aliphatic heterocycles. The van der Waals surface area contributed by atoms with Gasteiger partial charge in [-0.1, -0.05) is 91.0 Å². The van der Waals surface area contributed by atoms with E-state index in [1.807, 2.05) is 84.9 Å². The highest BCUT2D eigenvalue weighted by molar-refractivity contribution is 7.96. The molecule has 0 saturated carbocycles. The maximum atomic E-state index is 14.2. The molecule has 0 aliphatic carbocycles. The van der Waals surface area contributed by atoms with Gasteiger partial charge in [0.2, 0.25) is 0 Å². The fraction of sp³-hybridized carbons (Fsp3) is 0.176. The number of nitrogens with zero attached hydrogens (tertiary/aromatic N) is 1. The molecule has 248 valence electrons. The molecule has 13 heteroatoms. The highest BCUT2D eigenvalue weighted by atomic mass is 32.2. The molecular formula is C34H33F3NO7PS. The summed E-state index contributed by atoms with van der Waals surface area (Å²) < 4.78 is 64.5. The molecule has 1 atom stereocenters. The molecule has 0 spiro atoms. The quantitative estimate of drug-likeness (QED) is 0.0508. The van der Waals surface area contributed by atoms with Crippen LogP contribution in [-0.2, 0) is 35.9 Å². The van der Waals surface area contributed by atoms with Crippen molar-refractivity contribution in [3.8, 4) is 0 Å². The molecule has 0 aliphatic rings. The molecule has 47 heavy (non-hydrogen) atoms. The zero-order valence-corrected chi connectivity index (χ0v) is 27.0. The van der Waals surface area contributed by atoms with Crippen molar-refractivity contribution in [2.24, 2.45) is 0 Å². The Hall–Kier alpha value is -4.35. The predicted molar refractivity (Wildman–Crippen MR) is 174 cm³/mol. The Bertz CT molecular complexity index is 1600. The summed E-state index contributed by atoms with van der Waals surface area (Å²) in [4.78, 5) is 33.1. The first kappa shape index (κ1) is 37.1. The second kappa shape index (κ2) is 17.0. The lowest BCUT2D eigenvalue weighted by Gasteiger charge is -2.31. The monoisotopic (exact) mass is 687 g/mol. The number of halogens is 3. The molecule has 0 radical (unpaired) electrons. The molecule has 1 amide bonds. The Kier molecular flexibility index (Phi) is 13.4. The summed E-state index contributed by atoms with van der Waals surface area (Å²) >= 11 is 0. The number of hydroxylamine groups is 2. The van der Waals surface area contributed by atoms with Gasteiger partial charge in [0.05, 0.1) is 6.61 Å². The molecule has 0 aromatic heterocycles. The van der Waals surface area contributed by atoms with Crippen LogP contribution < -0.4 is 15.9 Å². The zero-order chi connectivity index (χ0) is 34.5. The van der Waals surface area contributed by atoms with Crippen molar-refractivity contribution in [1.29, 1.82) is 0 Å². The van der Waals surface area contributed by atoms with Crippen molar-refractivity contribution in [3.63, 3.8) is 0 Å². The Balaban J connectivity index is 0.000000665. The molecule has 4 rings (SSSR count). The van der Waals surface area contributed by atoms with Crippen molar-refractivity contribution >= 4 is 45.2 Å². The summed E-state index contributed by atoms with van der Waals surface area (Å²) in [7, 11) is -8.57. The molecule has 4 aromatic carbocycles. The van der Waals surface area contributed by atoms with E-state index in [4.69, 9.17) is 22.5 Å². The van der Waals surface area contributed by atoms with Gasteiger partial charge >= 0.3 is 11.5 Å². The summed E-state index contributed by atoms with van der Waals surface area (Å²) in [5, 5.41) is 4.37. The highest BCUT2D eigenvalue weighted by Gasteiger charge is 2.49. The number of ether oxygens (including phenoxy) is 1. The van der Waals surface area contributed by atoms with Crippen molar-refractivity contribution in [3.05, 3.63) is 140 Å². The molecule has 8 nitrogen and oxygen atoms in total. The maximum absolute atomic E-state index is 14.2. The van der Waals surface area contributed by atoms with E-state index in [9.17, 15) is 22.8 Å². The third-order valence-corrected chi connectivity index (χ3v) is 11.6. The molecule has 1 unspecified atom stereocenters. The van der Waals surface area contributed by atoms with Gasteiger partial charge in [0, 0.05) is 0 Å². The van der Waals surface area contributed by atoms with Crippen LogP contribution in [0.5, 0.6) is 0 Å². The van der Waals surface area contributed by atoms with Crippen LogP contribution in [-0.4, -0.2) is 54.2 Å². The molecule has 4 aromatic rings. The second-order valence-electron chi connectivity index (χ2n) is 9.95. The molecule has 0 fully saturated rings. The third kappa shape index (κ3) is 10.1. The van der Waals surface area contributed by atoms with Crippen LogP contribution in [0, 0.1) is 0 Å². The van der Waals surface area contributed by atoms with Gasteiger partial charge in [0.25, 0.3) is 5.91 Å². The molecular weight excluding hydrogens is 654 g/mol. The SMILES string of the molecule is C=CCON(C(=O)C[P+](c1ccccc1)(c1ccccc1)c1ccccc1)C(C)C(=O)OCc1ccccc1.O=S(=O)([O-])C(F)(F)F. The van der Waals surface area contributed by atoms with E-state index in [1.165, 1.54) is 5.06 Å². The largest absolute Gasteiger partial charge is 0.741 e. The third-order valence-electron chi connectivity index (χ3n) is 6.74. The lowest BCUT2D eigenvalue weighted by Crippen LogP contribution is -2.48. The number of benzene rings is 4. The smallest absolute Gasteiger partial charge is 0.485 e. The fourth-order valence-corrected chi connectivity index (χ4v) is 8.55. The van der Waals surface area contributed by atoms with Gasteiger partial charge in [0.1, 0.15) is 29.8 Å². The average Bonchev–Trinajstić information content (AvgIpc) is 3.07. The maximum Gasteiger partial charge on any atom is 0.485 e. The van der Waals surface area contributed by atoms with Crippen LogP contribution in [0.15, 0.2) is 134 Å². The van der Waals surface area contributed by atoms with E-state index in [0.717, 1.165) is 21.5 Å². The standard InChI is InChI=1S/C33H33NO4P.CHF3O3S/c1-3-24-38-34(27(2)33(36)37-25-28-16-8-4-9-17-28)32(35)26-39(29-18-10-5-11-19-29,30-20-12-6-13-21-30)31-22-14-7-15-23-31;2-1(3,4)8(5,6)7/h3-23,27H,1,24-26H2,2H3;(H,5,6,7)/q+1;/p-1. The zero-order valence-electron chi connectivity index (χ0n) is 25.3. The Morgan fingerprint density at radius 2 is 1.21 bits per heavy atom. The van der Waals surface area contributed by atoms with E-state index >= 15 is 0 Å². The van der Waals surface area contributed by atoms with Crippen LogP contribution >= 0.6 is 7.26 Å². The second-order valence-corrected chi connectivity index (χ2v) is 14.8. The van der Waals surface area contributed by atoms with Gasteiger partial charge < -0.3 is 9.29 Å². The van der Waals surface area contributed by atoms with E-state index in [1.54, 1.807) is 13.0 Å². The molecule has 0 heterocycles. The van der Waals surface area contributed by atoms with Gasteiger partial charge in [-0.05, 0) is 48.9 Å². The normalized spacial score (nSPS) is 12.2. The van der Waals surface area contributed by atoms with Crippen LogP contribution in [0.1, 0.15) is 12.5 Å². The highest BCUT2D eigenvalue weighted by Crippen LogP contribution is 2.55. The van der Waals surface area contributed by atoms with Crippen molar-refractivity contribution in [2.75, 3.05) is 12.8 Å². The number of alkyl halides is 3. The minimum atomic E-state index is -6.09. The van der Waals surface area contributed by atoms with E-state index in [-0.39, 0.29) is 25.3 Å². The van der Waals surface area contributed by atoms with E-state index in [0.29, 0.717) is 0 Å². The van der Waals surface area contributed by atoms with Crippen molar-refractivity contribution in [1.82, 2.24) is 5.06 Å². The number of carbonyl (C=O) groups is 2. The molecule has 0 saturated heterocycles. The first-order valence-electron chi connectivity index (χ1n) is 14.1. The summed E-state index contributed by atoms with van der Waals surface area (Å²) in [5.74, 6) is -0.842. The molecule has 0 N–H and O–H groups in total. The summed E-state index contributed by atoms with van der Waals surface area (Å²) in [5.41, 5.74) is -4.78. The van der Waals surface area contributed by atoms with Gasteiger partial charge in [-0.3, -0.25) is 9.63 Å². The number of hydrogen-bond acceptors (Lipinski definition) is 7. The molecule has 0 bridgehead atoms. The van der Waals surface area contributed by atoms with Gasteiger partial charge in [-0.25, -0.2) is 18.3 Å². The van der Waals surface area contributed by atoms with Gasteiger partial charge in [-0.2, -0.15) is 13.2 Å². The Morgan fingerprint density at radius 3 is 1.57 bits per heavy atom.